The highest BCUT2D eigenvalue weighted by atomic mass is 32.1. The van der Waals surface area contributed by atoms with Gasteiger partial charge in [-0.2, -0.15) is 12.6 Å². The number of carbonyl (C=O) groups excluding carboxylic acids is 1. The Hall–Kier alpha value is -1.20. The summed E-state index contributed by atoms with van der Waals surface area (Å²) in [7, 11) is 0. The van der Waals surface area contributed by atoms with Crippen molar-refractivity contribution in [2.24, 2.45) is 5.73 Å². The first-order valence-corrected chi connectivity index (χ1v) is 6.11. The molecule has 4 nitrogen and oxygen atoms in total. The van der Waals surface area contributed by atoms with Gasteiger partial charge in [0.25, 0.3) is 0 Å². The number of phenolic OH excluding ortho intramolecular Hbond substituents is 1. The molecule has 0 aliphatic rings. The summed E-state index contributed by atoms with van der Waals surface area (Å²) < 4.78 is 0. The van der Waals surface area contributed by atoms with E-state index in [1.54, 1.807) is 24.3 Å². The third-order valence-electron chi connectivity index (χ3n) is 2.39. The van der Waals surface area contributed by atoms with Crippen LogP contribution in [0.5, 0.6) is 5.75 Å². The average Bonchev–Trinajstić information content (AvgIpc) is 2.31. The van der Waals surface area contributed by atoms with Crippen LogP contribution in [0.15, 0.2) is 24.3 Å². The zero-order chi connectivity index (χ0) is 12.8. The fourth-order valence-electron chi connectivity index (χ4n) is 1.37. The summed E-state index contributed by atoms with van der Waals surface area (Å²) in [6, 6.07) is 6.10. The summed E-state index contributed by atoms with van der Waals surface area (Å²) >= 11 is 4.09. The number of hydrogen-bond donors (Lipinski definition) is 4. The Kier molecular flexibility index (Phi) is 5.31. The zero-order valence-corrected chi connectivity index (χ0v) is 10.7. The molecule has 0 fully saturated rings. The second-order valence-electron chi connectivity index (χ2n) is 4.07. The van der Waals surface area contributed by atoms with Crippen LogP contribution < -0.4 is 11.1 Å². The van der Waals surface area contributed by atoms with E-state index in [1.807, 2.05) is 6.92 Å². The number of hydrogen-bond acceptors (Lipinski definition) is 4. The monoisotopic (exact) mass is 254 g/mol. The zero-order valence-electron chi connectivity index (χ0n) is 9.76. The molecule has 0 aromatic heterocycles. The van der Waals surface area contributed by atoms with Gasteiger partial charge in [0.2, 0.25) is 5.91 Å². The number of aromatic hydroxyl groups is 1. The standard InChI is InChI=1S/C12H18N2O2S/c1-8(7-17)14-12(16)11(13)6-9-2-4-10(15)5-3-9/h2-5,8,11,15,17H,6-7,13H2,1H3,(H,14,16)/t8-,11+/m1/s1. The van der Waals surface area contributed by atoms with Gasteiger partial charge in [-0.1, -0.05) is 12.1 Å². The Morgan fingerprint density at radius 3 is 2.59 bits per heavy atom. The maximum atomic E-state index is 11.7. The number of nitrogens with one attached hydrogen (secondary N) is 1. The summed E-state index contributed by atoms with van der Waals surface area (Å²) in [5, 5.41) is 11.9. The van der Waals surface area contributed by atoms with Crippen LogP contribution in [0, 0.1) is 0 Å². The van der Waals surface area contributed by atoms with Gasteiger partial charge in [0.15, 0.2) is 0 Å². The molecule has 17 heavy (non-hydrogen) atoms. The normalized spacial score (nSPS) is 14.1. The molecule has 5 heteroatoms. The molecule has 0 saturated carbocycles. The Morgan fingerprint density at radius 1 is 1.47 bits per heavy atom. The maximum Gasteiger partial charge on any atom is 0.237 e. The molecule has 0 saturated heterocycles. The van der Waals surface area contributed by atoms with Crippen molar-refractivity contribution in [3.63, 3.8) is 0 Å². The van der Waals surface area contributed by atoms with Gasteiger partial charge in [0.05, 0.1) is 6.04 Å². The lowest BCUT2D eigenvalue weighted by Gasteiger charge is -2.16. The van der Waals surface area contributed by atoms with Crippen LogP contribution in [-0.2, 0) is 11.2 Å². The second kappa shape index (κ2) is 6.51. The van der Waals surface area contributed by atoms with Crippen molar-refractivity contribution in [3.05, 3.63) is 29.8 Å². The third kappa shape index (κ3) is 4.66. The Balaban J connectivity index is 2.51. The molecule has 0 bridgehead atoms. The number of nitrogens with two attached hydrogens (primary N) is 1. The van der Waals surface area contributed by atoms with Crippen molar-refractivity contribution in [1.82, 2.24) is 5.32 Å². The molecule has 2 atom stereocenters. The average molecular weight is 254 g/mol. The molecule has 0 radical (unpaired) electrons. The highest BCUT2D eigenvalue weighted by Gasteiger charge is 2.15. The predicted octanol–water partition coefficient (Wildman–Crippen LogP) is 0.696. The lowest BCUT2D eigenvalue weighted by Crippen LogP contribution is -2.46. The highest BCUT2D eigenvalue weighted by Crippen LogP contribution is 2.10. The van der Waals surface area contributed by atoms with Gasteiger partial charge >= 0.3 is 0 Å². The molecule has 94 valence electrons. The van der Waals surface area contributed by atoms with Gasteiger partial charge < -0.3 is 16.2 Å². The first kappa shape index (κ1) is 13.9. The van der Waals surface area contributed by atoms with Crippen LogP contribution >= 0.6 is 12.6 Å². The van der Waals surface area contributed by atoms with Gasteiger partial charge in [-0.3, -0.25) is 4.79 Å². The molecular weight excluding hydrogens is 236 g/mol. The van der Waals surface area contributed by atoms with Gasteiger partial charge in [-0.25, -0.2) is 0 Å². The lowest BCUT2D eigenvalue weighted by molar-refractivity contribution is -0.122. The third-order valence-corrected chi connectivity index (χ3v) is 2.94. The number of rotatable bonds is 5. The summed E-state index contributed by atoms with van der Waals surface area (Å²) in [5.41, 5.74) is 6.71. The number of thiol groups is 1. The predicted molar refractivity (Wildman–Crippen MR) is 71.2 cm³/mol. The summed E-state index contributed by atoms with van der Waals surface area (Å²) in [6.45, 7) is 1.87. The lowest BCUT2D eigenvalue weighted by atomic mass is 10.1. The number of carbonyl (C=O) groups is 1. The van der Waals surface area contributed by atoms with Crippen molar-refractivity contribution in [2.75, 3.05) is 5.75 Å². The van der Waals surface area contributed by atoms with Crippen molar-refractivity contribution >= 4 is 18.5 Å². The van der Waals surface area contributed by atoms with Crippen LogP contribution in [-0.4, -0.2) is 28.9 Å². The van der Waals surface area contributed by atoms with E-state index in [2.05, 4.69) is 17.9 Å². The van der Waals surface area contributed by atoms with E-state index in [-0.39, 0.29) is 17.7 Å². The number of benzene rings is 1. The smallest absolute Gasteiger partial charge is 0.237 e. The van der Waals surface area contributed by atoms with E-state index in [4.69, 9.17) is 10.8 Å². The molecule has 4 N–H and O–H groups in total. The minimum absolute atomic E-state index is 0.0108. The van der Waals surface area contributed by atoms with Crippen molar-refractivity contribution < 1.29 is 9.90 Å². The Labute approximate surface area is 107 Å². The van der Waals surface area contributed by atoms with Crippen LogP contribution in [0.25, 0.3) is 0 Å². The van der Waals surface area contributed by atoms with Crippen LogP contribution in [0.4, 0.5) is 0 Å². The SMILES string of the molecule is C[C@H](CS)NC(=O)[C@@H](N)Cc1ccc(O)cc1. The van der Waals surface area contributed by atoms with Crippen molar-refractivity contribution in [2.45, 2.75) is 25.4 Å². The molecule has 0 heterocycles. The fraction of sp³-hybridized carbons (Fsp3) is 0.417. The quantitative estimate of drug-likeness (QED) is 0.584. The van der Waals surface area contributed by atoms with E-state index in [9.17, 15) is 4.79 Å². The van der Waals surface area contributed by atoms with E-state index >= 15 is 0 Å². The molecule has 0 aliphatic heterocycles. The molecule has 1 aromatic carbocycles. The summed E-state index contributed by atoms with van der Waals surface area (Å²) in [6.07, 6.45) is 0.450. The molecular formula is C12H18N2O2S. The molecule has 1 amide bonds. The van der Waals surface area contributed by atoms with E-state index < -0.39 is 6.04 Å². The second-order valence-corrected chi connectivity index (χ2v) is 4.43. The van der Waals surface area contributed by atoms with E-state index in [0.29, 0.717) is 12.2 Å². The molecule has 0 unspecified atom stereocenters. The highest BCUT2D eigenvalue weighted by molar-refractivity contribution is 7.80. The topological polar surface area (TPSA) is 75.4 Å². The molecule has 1 aromatic rings. The number of phenols is 1. The Bertz CT molecular complexity index is 367. The summed E-state index contributed by atoms with van der Waals surface area (Å²) in [5.74, 6) is 0.604. The van der Waals surface area contributed by atoms with Gasteiger partial charge in [-0.05, 0) is 31.0 Å². The molecule has 0 spiro atoms. The fourth-order valence-corrected chi connectivity index (χ4v) is 1.47. The van der Waals surface area contributed by atoms with Crippen LogP contribution in [0.2, 0.25) is 0 Å². The minimum Gasteiger partial charge on any atom is -0.508 e. The Morgan fingerprint density at radius 2 is 2.06 bits per heavy atom. The minimum atomic E-state index is -0.582. The molecule has 0 aliphatic carbocycles. The summed E-state index contributed by atoms with van der Waals surface area (Å²) in [4.78, 5) is 11.7. The first-order chi connectivity index (χ1) is 8.02. The van der Waals surface area contributed by atoms with Gasteiger partial charge in [-0.15, -0.1) is 0 Å². The molecule has 1 rings (SSSR count). The largest absolute Gasteiger partial charge is 0.508 e. The van der Waals surface area contributed by atoms with Crippen molar-refractivity contribution in [3.8, 4) is 5.75 Å². The number of amides is 1. The van der Waals surface area contributed by atoms with E-state index in [1.165, 1.54) is 0 Å². The van der Waals surface area contributed by atoms with Crippen LogP contribution in [0.3, 0.4) is 0 Å². The van der Waals surface area contributed by atoms with Gasteiger partial charge in [0.1, 0.15) is 5.75 Å². The van der Waals surface area contributed by atoms with Crippen LogP contribution in [0.1, 0.15) is 12.5 Å². The maximum absolute atomic E-state index is 11.7. The van der Waals surface area contributed by atoms with Gasteiger partial charge in [0, 0.05) is 11.8 Å². The van der Waals surface area contributed by atoms with E-state index in [0.717, 1.165) is 5.56 Å². The first-order valence-electron chi connectivity index (χ1n) is 5.47. The van der Waals surface area contributed by atoms with Crippen molar-refractivity contribution in [1.29, 1.82) is 0 Å².